The SMILES string of the molecule is C=C(O)CN(C)Cc1cccc(-c2cncc(C)c2)c1. The molecule has 0 amide bonds. The fraction of sp³-hybridized carbons (Fsp3) is 0.235. The van der Waals surface area contributed by atoms with Gasteiger partial charge in [0.1, 0.15) is 0 Å². The molecule has 1 aromatic heterocycles. The Bertz CT molecular complexity index is 607. The third-order valence-electron chi connectivity index (χ3n) is 3.04. The van der Waals surface area contributed by atoms with Crippen molar-refractivity contribution in [2.24, 2.45) is 0 Å². The lowest BCUT2D eigenvalue weighted by molar-refractivity contribution is 0.285. The van der Waals surface area contributed by atoms with E-state index in [9.17, 15) is 5.11 Å². The summed E-state index contributed by atoms with van der Waals surface area (Å²) < 4.78 is 0. The van der Waals surface area contributed by atoms with E-state index >= 15 is 0 Å². The molecule has 1 aromatic carbocycles. The van der Waals surface area contributed by atoms with Crippen molar-refractivity contribution in [3.05, 3.63) is 66.2 Å². The van der Waals surface area contributed by atoms with Gasteiger partial charge in [-0.1, -0.05) is 24.8 Å². The van der Waals surface area contributed by atoms with Crippen LogP contribution in [0.3, 0.4) is 0 Å². The third-order valence-corrected chi connectivity index (χ3v) is 3.04. The van der Waals surface area contributed by atoms with Crippen LogP contribution >= 0.6 is 0 Å². The van der Waals surface area contributed by atoms with E-state index in [1.165, 1.54) is 5.56 Å². The number of rotatable bonds is 5. The maximum absolute atomic E-state index is 9.22. The van der Waals surface area contributed by atoms with Gasteiger partial charge in [-0.25, -0.2) is 0 Å². The highest BCUT2D eigenvalue weighted by atomic mass is 16.3. The molecular weight excluding hydrogens is 248 g/mol. The van der Waals surface area contributed by atoms with E-state index in [2.05, 4.69) is 41.9 Å². The molecular formula is C17H20N2O. The topological polar surface area (TPSA) is 36.4 Å². The number of aliphatic hydroxyl groups excluding tert-OH is 1. The highest BCUT2D eigenvalue weighted by Gasteiger charge is 2.04. The van der Waals surface area contributed by atoms with E-state index in [0.717, 1.165) is 23.2 Å². The monoisotopic (exact) mass is 268 g/mol. The van der Waals surface area contributed by atoms with Gasteiger partial charge in [0.2, 0.25) is 0 Å². The van der Waals surface area contributed by atoms with Crippen molar-refractivity contribution in [2.75, 3.05) is 13.6 Å². The number of pyridine rings is 1. The minimum absolute atomic E-state index is 0.187. The molecule has 0 bridgehead atoms. The molecule has 0 aliphatic heterocycles. The zero-order chi connectivity index (χ0) is 14.5. The number of aryl methyl sites for hydroxylation is 1. The van der Waals surface area contributed by atoms with Crippen molar-refractivity contribution < 1.29 is 5.11 Å². The Morgan fingerprint density at radius 2 is 2.05 bits per heavy atom. The van der Waals surface area contributed by atoms with Gasteiger partial charge in [-0.3, -0.25) is 9.88 Å². The molecule has 3 heteroatoms. The van der Waals surface area contributed by atoms with Crippen LogP contribution in [0.1, 0.15) is 11.1 Å². The second-order valence-corrected chi connectivity index (χ2v) is 5.19. The number of hydrogen-bond donors (Lipinski definition) is 1. The van der Waals surface area contributed by atoms with Crippen LogP contribution in [0.15, 0.2) is 55.1 Å². The van der Waals surface area contributed by atoms with E-state index in [1.54, 1.807) is 0 Å². The number of benzene rings is 1. The predicted octanol–water partition coefficient (Wildman–Crippen LogP) is 3.56. The Balaban J connectivity index is 2.18. The number of likely N-dealkylation sites (N-methyl/N-ethyl adjacent to an activating group) is 1. The predicted molar refractivity (Wildman–Crippen MR) is 82.5 cm³/mol. The summed E-state index contributed by atoms with van der Waals surface area (Å²) in [6, 6.07) is 10.5. The van der Waals surface area contributed by atoms with Gasteiger partial charge in [-0.2, -0.15) is 0 Å². The summed E-state index contributed by atoms with van der Waals surface area (Å²) in [6.07, 6.45) is 3.74. The van der Waals surface area contributed by atoms with E-state index in [4.69, 9.17) is 0 Å². The van der Waals surface area contributed by atoms with Gasteiger partial charge >= 0.3 is 0 Å². The molecule has 20 heavy (non-hydrogen) atoms. The zero-order valence-corrected chi connectivity index (χ0v) is 12.0. The van der Waals surface area contributed by atoms with Crippen LogP contribution in [-0.2, 0) is 6.54 Å². The van der Waals surface area contributed by atoms with Gasteiger partial charge in [0, 0.05) is 24.5 Å². The van der Waals surface area contributed by atoms with Gasteiger partial charge in [-0.15, -0.1) is 0 Å². The van der Waals surface area contributed by atoms with Crippen LogP contribution in [0, 0.1) is 6.92 Å². The fourth-order valence-corrected chi connectivity index (χ4v) is 2.24. The van der Waals surface area contributed by atoms with Crippen molar-refractivity contribution in [3.63, 3.8) is 0 Å². The van der Waals surface area contributed by atoms with Gasteiger partial charge in [0.25, 0.3) is 0 Å². The van der Waals surface area contributed by atoms with Crippen LogP contribution in [-0.4, -0.2) is 28.6 Å². The second kappa shape index (κ2) is 6.35. The average Bonchev–Trinajstić information content (AvgIpc) is 2.38. The highest BCUT2D eigenvalue weighted by molar-refractivity contribution is 5.63. The minimum atomic E-state index is 0.187. The first-order valence-corrected chi connectivity index (χ1v) is 6.61. The van der Waals surface area contributed by atoms with E-state index < -0.39 is 0 Å². The van der Waals surface area contributed by atoms with E-state index in [-0.39, 0.29) is 5.76 Å². The molecule has 0 aliphatic carbocycles. The Labute approximate surface area is 120 Å². The van der Waals surface area contributed by atoms with Crippen molar-refractivity contribution in [3.8, 4) is 11.1 Å². The summed E-state index contributed by atoms with van der Waals surface area (Å²) >= 11 is 0. The number of nitrogens with zero attached hydrogens (tertiary/aromatic N) is 2. The summed E-state index contributed by atoms with van der Waals surface area (Å²) in [5.41, 5.74) is 4.64. The van der Waals surface area contributed by atoms with E-state index in [0.29, 0.717) is 6.54 Å². The lowest BCUT2D eigenvalue weighted by atomic mass is 10.0. The van der Waals surface area contributed by atoms with Crippen LogP contribution in [0.4, 0.5) is 0 Å². The smallest absolute Gasteiger partial charge is 0.0991 e. The first-order chi connectivity index (χ1) is 9.54. The van der Waals surface area contributed by atoms with E-state index in [1.807, 2.05) is 31.3 Å². The van der Waals surface area contributed by atoms with Crippen molar-refractivity contribution in [1.29, 1.82) is 0 Å². The van der Waals surface area contributed by atoms with Gasteiger partial charge < -0.3 is 5.11 Å². The molecule has 0 unspecified atom stereocenters. The molecule has 3 nitrogen and oxygen atoms in total. The molecule has 0 fully saturated rings. The lowest BCUT2D eigenvalue weighted by Crippen LogP contribution is -2.20. The quantitative estimate of drug-likeness (QED) is 0.842. The first-order valence-electron chi connectivity index (χ1n) is 6.61. The zero-order valence-electron chi connectivity index (χ0n) is 12.0. The summed E-state index contributed by atoms with van der Waals surface area (Å²) in [4.78, 5) is 6.26. The summed E-state index contributed by atoms with van der Waals surface area (Å²) in [5, 5.41) is 9.22. The summed E-state index contributed by atoms with van der Waals surface area (Å²) in [7, 11) is 1.96. The van der Waals surface area contributed by atoms with Crippen molar-refractivity contribution in [1.82, 2.24) is 9.88 Å². The average molecular weight is 268 g/mol. The molecule has 0 saturated heterocycles. The molecule has 2 rings (SSSR count). The van der Waals surface area contributed by atoms with Crippen molar-refractivity contribution >= 4 is 0 Å². The molecule has 0 aliphatic rings. The number of hydrogen-bond acceptors (Lipinski definition) is 3. The van der Waals surface area contributed by atoms with Gasteiger partial charge in [0.15, 0.2) is 0 Å². The maximum Gasteiger partial charge on any atom is 0.0991 e. The largest absolute Gasteiger partial charge is 0.512 e. The Kier molecular flexibility index (Phi) is 4.53. The Morgan fingerprint density at radius 1 is 1.25 bits per heavy atom. The standard InChI is InChI=1S/C17H20N2O/c1-13-7-17(10-18-9-13)16-6-4-5-15(8-16)12-19(3)11-14(2)20/h4-10,20H,2,11-12H2,1,3H3. The van der Waals surface area contributed by atoms with Crippen LogP contribution < -0.4 is 0 Å². The normalized spacial score (nSPS) is 10.8. The molecule has 0 atom stereocenters. The van der Waals surface area contributed by atoms with Crippen LogP contribution in [0.2, 0.25) is 0 Å². The molecule has 1 heterocycles. The Hall–Kier alpha value is -2.13. The third kappa shape index (κ3) is 3.93. The summed E-state index contributed by atoms with van der Waals surface area (Å²) in [5.74, 6) is 0.187. The fourth-order valence-electron chi connectivity index (χ4n) is 2.24. The molecule has 104 valence electrons. The first kappa shape index (κ1) is 14.3. The Morgan fingerprint density at radius 3 is 2.75 bits per heavy atom. The summed E-state index contributed by atoms with van der Waals surface area (Å²) in [6.45, 7) is 6.81. The second-order valence-electron chi connectivity index (χ2n) is 5.19. The molecule has 0 saturated carbocycles. The maximum atomic E-state index is 9.22. The number of aliphatic hydroxyl groups is 1. The van der Waals surface area contributed by atoms with Gasteiger partial charge in [0.05, 0.1) is 12.3 Å². The molecule has 0 spiro atoms. The minimum Gasteiger partial charge on any atom is -0.512 e. The number of aromatic nitrogens is 1. The highest BCUT2D eigenvalue weighted by Crippen LogP contribution is 2.21. The van der Waals surface area contributed by atoms with Crippen LogP contribution in [0.5, 0.6) is 0 Å². The molecule has 0 radical (unpaired) electrons. The molecule has 1 N–H and O–H groups in total. The molecule has 2 aromatic rings. The lowest BCUT2D eigenvalue weighted by Gasteiger charge is -2.16. The van der Waals surface area contributed by atoms with Crippen molar-refractivity contribution in [2.45, 2.75) is 13.5 Å². The van der Waals surface area contributed by atoms with Crippen LogP contribution in [0.25, 0.3) is 11.1 Å². The van der Waals surface area contributed by atoms with Gasteiger partial charge in [-0.05, 0) is 42.8 Å².